The predicted octanol–water partition coefficient (Wildman–Crippen LogP) is -2.25. The molecule has 154 valence electrons. The minimum absolute atomic E-state index is 0.00387. The average molecular weight is 375 g/mol. The van der Waals surface area contributed by atoms with E-state index in [0.717, 1.165) is 25.8 Å². The quantitative estimate of drug-likeness (QED) is 0.152. The zero-order valence-electron chi connectivity index (χ0n) is 16.7. The summed E-state index contributed by atoms with van der Waals surface area (Å²) in [6.07, 6.45) is 2.44. The number of nitrogens with one attached hydrogen (secondary N) is 6. The van der Waals surface area contributed by atoms with Crippen LogP contribution in [0, 0.1) is 0 Å². The molecule has 0 aromatic rings. The highest BCUT2D eigenvalue weighted by molar-refractivity contribution is 5.82. The molecule has 7 N–H and O–H groups in total. The van der Waals surface area contributed by atoms with E-state index in [1.807, 2.05) is 7.05 Å². The summed E-state index contributed by atoms with van der Waals surface area (Å²) in [4.78, 5) is 24.1. The Labute approximate surface area is 157 Å². The summed E-state index contributed by atoms with van der Waals surface area (Å²) in [6.45, 7) is 2.04. The Bertz CT molecular complexity index is 384. The van der Waals surface area contributed by atoms with E-state index < -0.39 is 6.10 Å². The third kappa shape index (κ3) is 11.4. The molecule has 0 aliphatic rings. The van der Waals surface area contributed by atoms with Crippen molar-refractivity contribution in [2.45, 2.75) is 43.9 Å². The van der Waals surface area contributed by atoms with E-state index in [0.29, 0.717) is 19.5 Å². The van der Waals surface area contributed by atoms with Crippen LogP contribution in [0.25, 0.3) is 0 Å². The van der Waals surface area contributed by atoms with Crippen molar-refractivity contribution in [3.05, 3.63) is 0 Å². The van der Waals surface area contributed by atoms with E-state index in [4.69, 9.17) is 0 Å². The average Bonchev–Trinajstić information content (AvgIpc) is 2.63. The van der Waals surface area contributed by atoms with E-state index in [9.17, 15) is 14.7 Å². The second-order valence-corrected chi connectivity index (χ2v) is 6.32. The van der Waals surface area contributed by atoms with Gasteiger partial charge in [0.15, 0.2) is 0 Å². The van der Waals surface area contributed by atoms with E-state index >= 15 is 0 Å². The Morgan fingerprint density at radius 1 is 0.769 bits per heavy atom. The molecular weight excluding hydrogens is 336 g/mol. The summed E-state index contributed by atoms with van der Waals surface area (Å²) in [6, 6.07) is -0.490. The first-order valence-electron chi connectivity index (χ1n) is 9.37. The molecule has 0 saturated heterocycles. The van der Waals surface area contributed by atoms with Gasteiger partial charge in [0, 0.05) is 19.6 Å². The van der Waals surface area contributed by atoms with Crippen LogP contribution >= 0.6 is 0 Å². The predicted molar refractivity (Wildman–Crippen MR) is 104 cm³/mol. The normalized spacial score (nSPS) is 14.5. The largest absolute Gasteiger partial charge is 0.390 e. The van der Waals surface area contributed by atoms with Gasteiger partial charge in [-0.3, -0.25) is 9.59 Å². The molecule has 1 unspecified atom stereocenters. The Morgan fingerprint density at radius 2 is 1.38 bits per heavy atom. The molecule has 26 heavy (non-hydrogen) atoms. The van der Waals surface area contributed by atoms with Gasteiger partial charge in [-0.1, -0.05) is 0 Å². The van der Waals surface area contributed by atoms with E-state index in [1.165, 1.54) is 0 Å². The van der Waals surface area contributed by atoms with Gasteiger partial charge in [0.2, 0.25) is 11.8 Å². The number of carbonyl (C=O) groups is 2. The number of unbranched alkanes of at least 4 members (excludes halogenated alkanes) is 1. The lowest BCUT2D eigenvalue weighted by molar-refractivity contribution is -0.124. The smallest absolute Gasteiger partial charge is 0.237 e. The molecule has 0 spiro atoms. The fourth-order valence-corrected chi connectivity index (χ4v) is 2.56. The van der Waals surface area contributed by atoms with Crippen molar-refractivity contribution >= 4 is 11.8 Å². The van der Waals surface area contributed by atoms with Gasteiger partial charge in [-0.2, -0.15) is 0 Å². The van der Waals surface area contributed by atoms with Gasteiger partial charge in [-0.15, -0.1) is 0 Å². The summed E-state index contributed by atoms with van der Waals surface area (Å²) in [7, 11) is 7.14. The molecule has 0 aliphatic heterocycles. The number of amides is 2. The maximum absolute atomic E-state index is 12.1. The summed E-state index contributed by atoms with van der Waals surface area (Å²) in [5, 5.41) is 27.2. The van der Waals surface area contributed by atoms with Gasteiger partial charge in [0.05, 0.1) is 18.2 Å². The highest BCUT2D eigenvalue weighted by Gasteiger charge is 2.17. The highest BCUT2D eigenvalue weighted by atomic mass is 16.3. The van der Waals surface area contributed by atoms with Gasteiger partial charge in [-0.05, 0) is 60.4 Å². The number of aliphatic hydroxyl groups is 1. The number of hydrogen-bond acceptors (Lipinski definition) is 7. The van der Waals surface area contributed by atoms with Crippen molar-refractivity contribution in [3.8, 4) is 0 Å². The molecule has 0 saturated carbocycles. The van der Waals surface area contributed by atoms with Crippen LogP contribution in [0.5, 0.6) is 0 Å². The van der Waals surface area contributed by atoms with Crippen molar-refractivity contribution in [2.24, 2.45) is 0 Å². The van der Waals surface area contributed by atoms with Crippen molar-refractivity contribution < 1.29 is 14.7 Å². The molecule has 0 radical (unpaired) electrons. The molecule has 0 aromatic heterocycles. The minimum Gasteiger partial charge on any atom is -0.390 e. The Morgan fingerprint density at radius 3 is 1.96 bits per heavy atom. The zero-order chi connectivity index (χ0) is 19.8. The first-order chi connectivity index (χ1) is 12.5. The molecule has 0 bridgehead atoms. The monoisotopic (exact) mass is 374 g/mol. The van der Waals surface area contributed by atoms with Crippen LogP contribution < -0.4 is 31.9 Å². The highest BCUT2D eigenvalue weighted by Crippen LogP contribution is 2.01. The fourth-order valence-electron chi connectivity index (χ4n) is 2.56. The SMILES string of the molecule is CNCC[C@H](NC)C(=O)NCCCC[C@H](NC)C(=O)NCC(O)CNC. The lowest BCUT2D eigenvalue weighted by atomic mass is 10.1. The number of rotatable bonds is 16. The standard InChI is InChI=1S/C17H38N6O3/c1-18-10-8-15(21-4)16(25)22-9-6-5-7-14(20-3)17(26)23-12-13(24)11-19-2/h13-15,18-21,24H,5-12H2,1-4H3,(H,22,25)(H,23,26)/t13?,14-,15-/m0/s1. The molecule has 0 aliphatic carbocycles. The van der Waals surface area contributed by atoms with Crippen molar-refractivity contribution in [3.63, 3.8) is 0 Å². The minimum atomic E-state index is -0.598. The van der Waals surface area contributed by atoms with Gasteiger partial charge in [0.25, 0.3) is 0 Å². The molecule has 0 heterocycles. The number of aliphatic hydroxyl groups excluding tert-OH is 1. The van der Waals surface area contributed by atoms with Crippen LogP contribution in [0.2, 0.25) is 0 Å². The van der Waals surface area contributed by atoms with Crippen molar-refractivity contribution in [1.29, 1.82) is 0 Å². The summed E-state index contributed by atoms with van der Waals surface area (Å²) in [5.41, 5.74) is 0. The second-order valence-electron chi connectivity index (χ2n) is 6.32. The van der Waals surface area contributed by atoms with Crippen LogP contribution in [-0.2, 0) is 9.59 Å². The van der Waals surface area contributed by atoms with Crippen molar-refractivity contribution in [2.75, 3.05) is 54.4 Å². The van der Waals surface area contributed by atoms with Crippen molar-refractivity contribution in [1.82, 2.24) is 31.9 Å². The Kier molecular flexibility index (Phi) is 15.2. The first-order valence-corrected chi connectivity index (χ1v) is 9.37. The maximum atomic E-state index is 12.1. The third-order valence-corrected chi connectivity index (χ3v) is 4.18. The van der Waals surface area contributed by atoms with E-state index in [1.54, 1.807) is 21.1 Å². The Balaban J connectivity index is 3.97. The second kappa shape index (κ2) is 16.0. The summed E-state index contributed by atoms with van der Waals surface area (Å²) >= 11 is 0. The number of hydrogen-bond donors (Lipinski definition) is 7. The van der Waals surface area contributed by atoms with Crippen LogP contribution in [0.15, 0.2) is 0 Å². The van der Waals surface area contributed by atoms with E-state index in [-0.39, 0.29) is 30.4 Å². The fraction of sp³-hybridized carbons (Fsp3) is 0.882. The summed E-state index contributed by atoms with van der Waals surface area (Å²) in [5.74, 6) is -0.113. The molecule has 2 amide bonds. The van der Waals surface area contributed by atoms with Gasteiger partial charge < -0.3 is 37.0 Å². The first kappa shape index (κ1) is 24.7. The zero-order valence-corrected chi connectivity index (χ0v) is 16.7. The third-order valence-electron chi connectivity index (χ3n) is 4.18. The van der Waals surface area contributed by atoms with E-state index in [2.05, 4.69) is 31.9 Å². The molecule has 0 fully saturated rings. The molecule has 9 heteroatoms. The molecule has 9 nitrogen and oxygen atoms in total. The number of carbonyl (C=O) groups excluding carboxylic acids is 2. The van der Waals surface area contributed by atoms with Crippen LogP contribution in [0.4, 0.5) is 0 Å². The number of likely N-dealkylation sites (N-methyl/N-ethyl adjacent to an activating group) is 3. The molecule has 0 aromatic carbocycles. The van der Waals surface area contributed by atoms with Gasteiger partial charge >= 0.3 is 0 Å². The maximum Gasteiger partial charge on any atom is 0.237 e. The topological polar surface area (TPSA) is 127 Å². The van der Waals surface area contributed by atoms with Gasteiger partial charge in [0.1, 0.15) is 0 Å². The van der Waals surface area contributed by atoms with Crippen LogP contribution in [0.3, 0.4) is 0 Å². The Hall–Kier alpha value is -1.26. The van der Waals surface area contributed by atoms with Gasteiger partial charge in [-0.25, -0.2) is 0 Å². The van der Waals surface area contributed by atoms with Crippen LogP contribution in [-0.4, -0.2) is 89.5 Å². The molecule has 0 rings (SSSR count). The lowest BCUT2D eigenvalue weighted by Crippen LogP contribution is -2.46. The van der Waals surface area contributed by atoms with Crippen LogP contribution in [0.1, 0.15) is 25.7 Å². The lowest BCUT2D eigenvalue weighted by Gasteiger charge is -2.18. The molecule has 3 atom stereocenters. The summed E-state index contributed by atoms with van der Waals surface area (Å²) < 4.78 is 0. The molecular formula is C17H38N6O3.